The first-order chi connectivity index (χ1) is 15.9. The van der Waals surface area contributed by atoms with Crippen LogP contribution in [0.15, 0.2) is 69.0 Å². The topological polar surface area (TPSA) is 83.1 Å². The summed E-state index contributed by atoms with van der Waals surface area (Å²) in [5.41, 5.74) is 3.19. The third kappa shape index (κ3) is 3.55. The van der Waals surface area contributed by atoms with Gasteiger partial charge >= 0.3 is 17.4 Å². The Morgan fingerprint density at radius 3 is 2.73 bits per heavy atom. The van der Waals surface area contributed by atoms with E-state index < -0.39 is 6.17 Å². The van der Waals surface area contributed by atoms with E-state index in [2.05, 4.69) is 10.1 Å². The number of carbonyl (C=O) groups excluding carboxylic acids is 1. The van der Waals surface area contributed by atoms with E-state index >= 15 is 0 Å². The molecule has 0 fully saturated rings. The lowest BCUT2D eigenvalue weighted by atomic mass is 10.0. The Balaban J connectivity index is 1.76. The number of H-pyrrole nitrogens is 1. The van der Waals surface area contributed by atoms with E-state index in [-0.39, 0.29) is 11.5 Å². The van der Waals surface area contributed by atoms with E-state index in [0.717, 1.165) is 11.1 Å². The van der Waals surface area contributed by atoms with Crippen molar-refractivity contribution in [3.63, 3.8) is 0 Å². The normalized spacial score (nSPS) is 14.7. The van der Waals surface area contributed by atoms with Gasteiger partial charge in [0.15, 0.2) is 5.76 Å². The van der Waals surface area contributed by atoms with Gasteiger partial charge in [-0.25, -0.2) is 4.90 Å². The summed E-state index contributed by atoms with van der Waals surface area (Å²) in [6, 6.07) is 16.5. The zero-order valence-corrected chi connectivity index (χ0v) is 19.7. The standard InChI is InChI=1S/C24H19ClN4O3S/c1-13-8-9-15(25)12-17(13)19-10-11-20(32-19)23-28(14(2)30)18-7-5-4-6-16(18)21-22(31)26-24(33-3)27-29(21)23/h4-12,23H,1-3H3/p+1. The highest BCUT2D eigenvalue weighted by atomic mass is 35.5. The number of carbonyl (C=O) groups is 1. The van der Waals surface area contributed by atoms with Gasteiger partial charge in [-0.1, -0.05) is 41.6 Å². The van der Waals surface area contributed by atoms with E-state index in [0.29, 0.717) is 38.6 Å². The predicted octanol–water partition coefficient (Wildman–Crippen LogP) is 4.58. The molecule has 1 aliphatic heterocycles. The highest BCUT2D eigenvalue weighted by molar-refractivity contribution is 7.98. The minimum atomic E-state index is -0.770. The maximum Gasteiger partial charge on any atom is 0.325 e. The summed E-state index contributed by atoms with van der Waals surface area (Å²) >= 11 is 7.53. The zero-order valence-electron chi connectivity index (χ0n) is 18.1. The molecule has 166 valence electrons. The predicted molar refractivity (Wildman–Crippen MR) is 127 cm³/mol. The van der Waals surface area contributed by atoms with Crippen molar-refractivity contribution in [3.8, 4) is 22.6 Å². The number of halogens is 1. The van der Waals surface area contributed by atoms with Gasteiger partial charge in [-0.05, 0) is 59.8 Å². The van der Waals surface area contributed by atoms with E-state index in [4.69, 9.17) is 16.0 Å². The smallest absolute Gasteiger partial charge is 0.325 e. The van der Waals surface area contributed by atoms with Gasteiger partial charge in [-0.15, -0.1) is 0 Å². The van der Waals surface area contributed by atoms with Crippen molar-refractivity contribution in [3.05, 3.63) is 81.3 Å². The number of furan rings is 1. The lowest BCUT2D eigenvalue weighted by Crippen LogP contribution is -2.60. The van der Waals surface area contributed by atoms with E-state index in [1.807, 2.05) is 67.8 Å². The molecule has 2 aromatic carbocycles. The van der Waals surface area contributed by atoms with Crippen LogP contribution in [0.1, 0.15) is 24.4 Å². The molecule has 0 bridgehead atoms. The number of thioether (sulfide) groups is 1. The summed E-state index contributed by atoms with van der Waals surface area (Å²) in [6.45, 7) is 3.46. The quantitative estimate of drug-likeness (QED) is 0.343. The number of anilines is 1. The largest absolute Gasteiger partial charge is 0.452 e. The number of aromatic nitrogens is 3. The second-order valence-corrected chi connectivity index (χ2v) is 8.93. The summed E-state index contributed by atoms with van der Waals surface area (Å²) in [6.07, 6.45) is 1.06. The van der Waals surface area contributed by atoms with Crippen molar-refractivity contribution in [1.82, 2.24) is 10.1 Å². The molecule has 1 aliphatic rings. The molecule has 5 rings (SSSR count). The van der Waals surface area contributed by atoms with E-state index in [9.17, 15) is 9.59 Å². The molecule has 1 unspecified atom stereocenters. The second-order valence-electron chi connectivity index (χ2n) is 7.70. The second kappa shape index (κ2) is 8.20. The zero-order chi connectivity index (χ0) is 23.3. The molecule has 1 N–H and O–H groups in total. The number of hydrogen-bond donors (Lipinski definition) is 1. The minimum absolute atomic E-state index is 0.199. The number of para-hydroxylation sites is 1. The van der Waals surface area contributed by atoms with Gasteiger partial charge in [0.2, 0.25) is 11.1 Å². The summed E-state index contributed by atoms with van der Waals surface area (Å²) in [5, 5.41) is 5.68. The third-order valence-electron chi connectivity index (χ3n) is 5.64. The number of aromatic amines is 1. The van der Waals surface area contributed by atoms with E-state index in [1.54, 1.807) is 9.58 Å². The fourth-order valence-electron chi connectivity index (χ4n) is 4.16. The fourth-order valence-corrected chi connectivity index (χ4v) is 4.69. The average molecular weight is 480 g/mol. The van der Waals surface area contributed by atoms with Gasteiger partial charge in [0.05, 0.1) is 11.3 Å². The number of amides is 1. The molecule has 0 aliphatic carbocycles. The van der Waals surface area contributed by atoms with Crippen molar-refractivity contribution in [1.29, 1.82) is 0 Å². The highest BCUT2D eigenvalue weighted by Crippen LogP contribution is 2.39. The Morgan fingerprint density at radius 2 is 1.97 bits per heavy atom. The molecule has 0 radical (unpaired) electrons. The lowest BCUT2D eigenvalue weighted by Gasteiger charge is -2.29. The number of benzene rings is 2. The highest BCUT2D eigenvalue weighted by Gasteiger charge is 2.46. The summed E-state index contributed by atoms with van der Waals surface area (Å²) in [4.78, 5) is 30.4. The number of hydrogen-bond acceptors (Lipinski definition) is 5. The maximum absolute atomic E-state index is 13.1. The molecule has 1 atom stereocenters. The molecule has 4 aromatic rings. The van der Waals surface area contributed by atoms with Crippen LogP contribution in [0.3, 0.4) is 0 Å². The molecular formula is C24H20ClN4O3S+. The van der Waals surface area contributed by atoms with Gasteiger partial charge < -0.3 is 4.42 Å². The summed E-state index contributed by atoms with van der Waals surface area (Å²) in [5.74, 6) is 0.894. The van der Waals surface area contributed by atoms with Crippen molar-refractivity contribution >= 4 is 35.0 Å². The Morgan fingerprint density at radius 1 is 1.18 bits per heavy atom. The molecule has 2 aromatic heterocycles. The van der Waals surface area contributed by atoms with Crippen LogP contribution in [0.2, 0.25) is 5.02 Å². The molecular weight excluding hydrogens is 460 g/mol. The Hall–Kier alpha value is -3.36. The maximum atomic E-state index is 13.1. The molecule has 1 amide bonds. The number of nitrogens with one attached hydrogen (secondary N) is 1. The van der Waals surface area contributed by atoms with Gasteiger partial charge in [0.25, 0.3) is 0 Å². The van der Waals surface area contributed by atoms with Gasteiger partial charge in [0.1, 0.15) is 5.76 Å². The van der Waals surface area contributed by atoms with Gasteiger partial charge in [-0.2, -0.15) is 0 Å². The SMILES string of the molecule is CSc1n[n+]2c(c(=O)[nH]1)-c1ccccc1N(C(C)=O)C2c1ccc(-c2cc(Cl)ccc2C)o1. The molecule has 7 nitrogen and oxygen atoms in total. The molecule has 3 heterocycles. The lowest BCUT2D eigenvalue weighted by molar-refractivity contribution is -0.764. The number of rotatable bonds is 3. The molecule has 33 heavy (non-hydrogen) atoms. The summed E-state index contributed by atoms with van der Waals surface area (Å²) in [7, 11) is 0. The Kier molecular flexibility index (Phi) is 5.34. The van der Waals surface area contributed by atoms with Crippen LogP contribution in [0.4, 0.5) is 5.69 Å². The first-order valence-corrected chi connectivity index (χ1v) is 11.8. The molecule has 9 heteroatoms. The van der Waals surface area contributed by atoms with Crippen LogP contribution in [-0.4, -0.2) is 22.2 Å². The van der Waals surface area contributed by atoms with Crippen LogP contribution >= 0.6 is 23.4 Å². The monoisotopic (exact) mass is 479 g/mol. The fraction of sp³-hybridized carbons (Fsp3) is 0.167. The first kappa shape index (κ1) is 21.5. The van der Waals surface area contributed by atoms with Crippen LogP contribution < -0.4 is 15.1 Å². The number of fused-ring (bicyclic) bond motifs is 3. The van der Waals surface area contributed by atoms with Crippen LogP contribution in [-0.2, 0) is 4.79 Å². The van der Waals surface area contributed by atoms with Gasteiger partial charge in [-0.3, -0.25) is 14.6 Å². The van der Waals surface area contributed by atoms with Crippen molar-refractivity contribution in [2.45, 2.75) is 25.2 Å². The third-order valence-corrected chi connectivity index (χ3v) is 6.44. The minimum Gasteiger partial charge on any atom is -0.452 e. The van der Waals surface area contributed by atoms with Crippen molar-refractivity contribution in [2.24, 2.45) is 0 Å². The molecule has 0 saturated heterocycles. The summed E-state index contributed by atoms with van der Waals surface area (Å²) < 4.78 is 7.85. The first-order valence-electron chi connectivity index (χ1n) is 10.2. The Labute approximate surface area is 199 Å². The van der Waals surface area contributed by atoms with Crippen LogP contribution in [0, 0.1) is 6.92 Å². The molecule has 0 spiro atoms. The molecule has 0 saturated carbocycles. The van der Waals surface area contributed by atoms with Gasteiger partial charge in [0, 0.05) is 22.6 Å². The average Bonchev–Trinajstić information content (AvgIpc) is 3.28. The number of nitrogens with zero attached hydrogens (tertiary/aromatic N) is 3. The van der Waals surface area contributed by atoms with E-state index in [1.165, 1.54) is 18.7 Å². The van der Waals surface area contributed by atoms with Crippen molar-refractivity contribution in [2.75, 3.05) is 11.2 Å². The number of aryl methyl sites for hydroxylation is 1. The van der Waals surface area contributed by atoms with Crippen molar-refractivity contribution < 1.29 is 13.9 Å². The van der Waals surface area contributed by atoms with Crippen LogP contribution in [0.25, 0.3) is 22.6 Å². The van der Waals surface area contributed by atoms with Crippen LogP contribution in [0.5, 0.6) is 0 Å². The Bertz CT molecular complexity index is 1460.